The molecule has 0 bridgehead atoms. The highest BCUT2D eigenvalue weighted by atomic mass is 19.4. The Bertz CT molecular complexity index is 374. The number of amides is 1. The Balaban J connectivity index is 2.69. The fourth-order valence-corrected chi connectivity index (χ4v) is 2.43. The summed E-state index contributed by atoms with van der Waals surface area (Å²) in [5, 5.41) is 3.15. The number of methoxy groups -OCH3 is 1. The van der Waals surface area contributed by atoms with Gasteiger partial charge in [-0.3, -0.25) is 9.59 Å². The Labute approximate surface area is 121 Å². The third-order valence-corrected chi connectivity index (χ3v) is 3.47. The standard InChI is InChI=1S/C13H21F3N2O3/c1-9-7-10(3-5-17-9)12(20)18(8-13(14,15)16)6-4-11(19)21-2/h9-10,17H,3-8H2,1-2H3. The number of piperidine rings is 1. The smallest absolute Gasteiger partial charge is 0.406 e. The number of ether oxygens (including phenoxy) is 1. The molecule has 1 amide bonds. The van der Waals surface area contributed by atoms with Gasteiger partial charge in [-0.25, -0.2) is 0 Å². The third kappa shape index (κ3) is 6.33. The van der Waals surface area contributed by atoms with Crippen LogP contribution in [0.25, 0.3) is 0 Å². The number of alkyl halides is 3. The second-order valence-electron chi connectivity index (χ2n) is 5.28. The molecule has 1 fully saturated rings. The van der Waals surface area contributed by atoms with Crippen molar-refractivity contribution in [1.82, 2.24) is 10.2 Å². The summed E-state index contributed by atoms with van der Waals surface area (Å²) >= 11 is 0. The first-order valence-corrected chi connectivity index (χ1v) is 6.88. The SMILES string of the molecule is COC(=O)CCN(CC(F)(F)F)C(=O)C1CCNC(C)C1. The lowest BCUT2D eigenvalue weighted by atomic mass is 9.92. The topological polar surface area (TPSA) is 58.6 Å². The van der Waals surface area contributed by atoms with Crippen LogP contribution < -0.4 is 5.32 Å². The zero-order valence-corrected chi connectivity index (χ0v) is 12.2. The quantitative estimate of drug-likeness (QED) is 0.778. The second-order valence-corrected chi connectivity index (χ2v) is 5.28. The van der Waals surface area contributed by atoms with Crippen LogP contribution in [0.5, 0.6) is 0 Å². The molecule has 0 aliphatic carbocycles. The van der Waals surface area contributed by atoms with Crippen LogP contribution in [-0.2, 0) is 14.3 Å². The number of nitrogens with one attached hydrogen (secondary N) is 1. The van der Waals surface area contributed by atoms with Gasteiger partial charge in [-0.2, -0.15) is 13.2 Å². The molecule has 122 valence electrons. The van der Waals surface area contributed by atoms with Crippen LogP contribution in [0.3, 0.4) is 0 Å². The molecule has 1 heterocycles. The number of rotatable bonds is 5. The molecular formula is C13H21F3N2O3. The first kappa shape index (κ1) is 17.7. The molecule has 0 spiro atoms. The van der Waals surface area contributed by atoms with E-state index in [2.05, 4.69) is 10.1 Å². The molecule has 21 heavy (non-hydrogen) atoms. The second kappa shape index (κ2) is 7.63. The lowest BCUT2D eigenvalue weighted by Gasteiger charge is -2.32. The summed E-state index contributed by atoms with van der Waals surface area (Å²) < 4.78 is 42.2. The summed E-state index contributed by atoms with van der Waals surface area (Å²) in [7, 11) is 1.16. The minimum absolute atomic E-state index is 0.0982. The zero-order chi connectivity index (χ0) is 16.0. The molecule has 0 aromatic rings. The van der Waals surface area contributed by atoms with E-state index in [4.69, 9.17) is 0 Å². The van der Waals surface area contributed by atoms with Crippen molar-refractivity contribution < 1.29 is 27.5 Å². The summed E-state index contributed by atoms with van der Waals surface area (Å²) in [5.74, 6) is -1.60. The van der Waals surface area contributed by atoms with Gasteiger partial charge in [-0.05, 0) is 26.3 Å². The number of carbonyl (C=O) groups is 2. The van der Waals surface area contributed by atoms with Gasteiger partial charge in [0.1, 0.15) is 6.54 Å². The predicted octanol–water partition coefficient (Wildman–Crippen LogP) is 1.33. The predicted molar refractivity (Wildman–Crippen MR) is 69.5 cm³/mol. The highest BCUT2D eigenvalue weighted by Crippen LogP contribution is 2.23. The molecule has 1 saturated heterocycles. The van der Waals surface area contributed by atoms with Crippen LogP contribution in [0.1, 0.15) is 26.2 Å². The van der Waals surface area contributed by atoms with Crippen molar-refractivity contribution in [2.45, 2.75) is 38.4 Å². The third-order valence-electron chi connectivity index (χ3n) is 3.47. The van der Waals surface area contributed by atoms with E-state index in [-0.39, 0.29) is 19.0 Å². The van der Waals surface area contributed by atoms with E-state index >= 15 is 0 Å². The average Bonchev–Trinajstić information content (AvgIpc) is 2.41. The van der Waals surface area contributed by atoms with E-state index in [1.807, 2.05) is 6.92 Å². The molecule has 0 aromatic heterocycles. The maximum absolute atomic E-state index is 12.6. The van der Waals surface area contributed by atoms with E-state index < -0.39 is 30.5 Å². The van der Waals surface area contributed by atoms with Crippen LogP contribution in [0.15, 0.2) is 0 Å². The number of nitrogens with zero attached hydrogens (tertiary/aromatic N) is 1. The highest BCUT2D eigenvalue weighted by molar-refractivity contribution is 5.80. The van der Waals surface area contributed by atoms with Crippen molar-refractivity contribution in [3.8, 4) is 0 Å². The fraction of sp³-hybridized carbons (Fsp3) is 0.846. The van der Waals surface area contributed by atoms with Gasteiger partial charge in [0.2, 0.25) is 5.91 Å². The molecule has 1 N–H and O–H groups in total. The number of esters is 1. The monoisotopic (exact) mass is 310 g/mol. The van der Waals surface area contributed by atoms with Crippen molar-refractivity contribution in [2.24, 2.45) is 5.92 Å². The van der Waals surface area contributed by atoms with Crippen molar-refractivity contribution in [3.05, 3.63) is 0 Å². The van der Waals surface area contributed by atoms with E-state index in [0.717, 1.165) is 12.0 Å². The molecule has 0 saturated carbocycles. The van der Waals surface area contributed by atoms with Gasteiger partial charge in [-0.1, -0.05) is 0 Å². The van der Waals surface area contributed by atoms with Crippen LogP contribution in [-0.4, -0.2) is 55.7 Å². The molecule has 0 radical (unpaired) electrons. The van der Waals surface area contributed by atoms with Gasteiger partial charge in [-0.15, -0.1) is 0 Å². The molecule has 1 rings (SSSR count). The Morgan fingerprint density at radius 3 is 2.57 bits per heavy atom. The summed E-state index contributed by atoms with van der Waals surface area (Å²) in [6.07, 6.45) is -3.70. The maximum Gasteiger partial charge on any atom is 0.406 e. The Morgan fingerprint density at radius 1 is 1.38 bits per heavy atom. The van der Waals surface area contributed by atoms with Gasteiger partial charge >= 0.3 is 12.1 Å². The lowest BCUT2D eigenvalue weighted by molar-refractivity contribution is -0.165. The molecule has 1 aliphatic rings. The van der Waals surface area contributed by atoms with Crippen molar-refractivity contribution in [1.29, 1.82) is 0 Å². The summed E-state index contributed by atoms with van der Waals surface area (Å²) in [4.78, 5) is 24.1. The van der Waals surface area contributed by atoms with Gasteiger partial charge < -0.3 is 15.0 Å². The van der Waals surface area contributed by atoms with Crippen molar-refractivity contribution in [3.63, 3.8) is 0 Å². The maximum atomic E-state index is 12.6. The first-order valence-electron chi connectivity index (χ1n) is 6.88. The molecule has 5 nitrogen and oxygen atoms in total. The first-order chi connectivity index (χ1) is 9.73. The molecule has 2 atom stereocenters. The number of hydrogen-bond acceptors (Lipinski definition) is 4. The molecular weight excluding hydrogens is 289 g/mol. The summed E-state index contributed by atoms with van der Waals surface area (Å²) in [5.41, 5.74) is 0. The minimum Gasteiger partial charge on any atom is -0.469 e. The Morgan fingerprint density at radius 2 is 2.05 bits per heavy atom. The van der Waals surface area contributed by atoms with Crippen LogP contribution in [0.4, 0.5) is 13.2 Å². The van der Waals surface area contributed by atoms with Gasteiger partial charge in [0.25, 0.3) is 0 Å². The normalized spacial score (nSPS) is 22.7. The number of hydrogen-bond donors (Lipinski definition) is 1. The fourth-order valence-electron chi connectivity index (χ4n) is 2.43. The van der Waals surface area contributed by atoms with Crippen molar-refractivity contribution >= 4 is 11.9 Å². The zero-order valence-electron chi connectivity index (χ0n) is 12.2. The molecule has 2 unspecified atom stereocenters. The summed E-state index contributed by atoms with van der Waals surface area (Å²) in [6, 6.07) is 0.0982. The minimum atomic E-state index is -4.48. The van der Waals surface area contributed by atoms with E-state index in [1.165, 1.54) is 0 Å². The largest absolute Gasteiger partial charge is 0.469 e. The molecule has 0 aromatic carbocycles. The van der Waals surface area contributed by atoms with Gasteiger partial charge in [0.15, 0.2) is 0 Å². The summed E-state index contributed by atoms with van der Waals surface area (Å²) in [6.45, 7) is 0.890. The van der Waals surface area contributed by atoms with Crippen LogP contribution in [0, 0.1) is 5.92 Å². The Kier molecular flexibility index (Phi) is 6.44. The van der Waals surface area contributed by atoms with Crippen LogP contribution in [0.2, 0.25) is 0 Å². The van der Waals surface area contributed by atoms with Crippen molar-refractivity contribution in [2.75, 3.05) is 26.7 Å². The number of halogens is 3. The van der Waals surface area contributed by atoms with Gasteiger partial charge in [0.05, 0.1) is 13.5 Å². The van der Waals surface area contributed by atoms with E-state index in [1.54, 1.807) is 0 Å². The van der Waals surface area contributed by atoms with Crippen LogP contribution >= 0.6 is 0 Å². The highest BCUT2D eigenvalue weighted by Gasteiger charge is 2.36. The Hall–Kier alpha value is -1.31. The van der Waals surface area contributed by atoms with E-state index in [9.17, 15) is 22.8 Å². The molecule has 8 heteroatoms. The van der Waals surface area contributed by atoms with E-state index in [0.29, 0.717) is 19.4 Å². The van der Waals surface area contributed by atoms with Gasteiger partial charge in [0, 0.05) is 18.5 Å². The number of carbonyl (C=O) groups excluding carboxylic acids is 2. The molecule has 1 aliphatic heterocycles. The average molecular weight is 310 g/mol. The lowest BCUT2D eigenvalue weighted by Crippen LogP contribution is -2.47.